The molecule has 0 radical (unpaired) electrons. The highest BCUT2D eigenvalue weighted by atomic mass is 35.5. The van der Waals surface area contributed by atoms with Crippen molar-refractivity contribution in [2.75, 3.05) is 13.1 Å². The van der Waals surface area contributed by atoms with E-state index in [1.807, 2.05) is 13.8 Å². The smallest absolute Gasteiger partial charge is 0.262 e. The van der Waals surface area contributed by atoms with Crippen LogP contribution in [0.15, 0.2) is 0 Å². The topological polar surface area (TPSA) is 54.0 Å². The maximum Gasteiger partial charge on any atom is 0.262 e. The molecular weight excluding hydrogens is 343 g/mol. The fourth-order valence-corrected chi connectivity index (χ4v) is 3.07. The molecule has 1 atom stereocenters. The van der Waals surface area contributed by atoms with E-state index in [-0.39, 0.29) is 30.7 Å². The number of carbonyl (C=O) groups is 1. The van der Waals surface area contributed by atoms with Gasteiger partial charge in [-0.05, 0) is 13.8 Å². The van der Waals surface area contributed by atoms with Gasteiger partial charge in [0.25, 0.3) is 5.92 Å². The average molecular weight is 362 g/mol. The van der Waals surface area contributed by atoms with Crippen LogP contribution in [0.2, 0.25) is 0 Å². The molecular formula is C12H19Cl2F2N3OS. The first-order valence-electron chi connectivity index (χ1n) is 6.19. The van der Waals surface area contributed by atoms with Gasteiger partial charge < -0.3 is 5.32 Å². The Morgan fingerprint density at radius 1 is 1.48 bits per heavy atom. The summed E-state index contributed by atoms with van der Waals surface area (Å²) in [6.07, 6.45) is 0.268. The van der Waals surface area contributed by atoms with Crippen LogP contribution < -0.4 is 10.6 Å². The minimum Gasteiger partial charge on any atom is -0.354 e. The molecule has 2 rings (SSSR count). The van der Waals surface area contributed by atoms with Crippen LogP contribution in [0.1, 0.15) is 22.0 Å². The Bertz CT molecular complexity index is 485. The molecule has 1 saturated heterocycles. The number of alkyl halides is 2. The molecule has 1 amide bonds. The molecule has 2 heterocycles. The molecule has 0 aliphatic carbocycles. The summed E-state index contributed by atoms with van der Waals surface area (Å²) < 4.78 is 25.9. The number of aryl methyl sites for hydroxylation is 2. The van der Waals surface area contributed by atoms with Crippen molar-refractivity contribution in [1.82, 2.24) is 15.6 Å². The van der Waals surface area contributed by atoms with Crippen LogP contribution in [0.5, 0.6) is 0 Å². The number of aromatic nitrogens is 1. The second kappa shape index (κ2) is 8.22. The van der Waals surface area contributed by atoms with Gasteiger partial charge in [-0.1, -0.05) is 0 Å². The number of halogens is 4. The van der Waals surface area contributed by atoms with Gasteiger partial charge in [-0.3, -0.25) is 10.1 Å². The Morgan fingerprint density at radius 3 is 2.62 bits per heavy atom. The molecule has 0 spiro atoms. The molecule has 1 aliphatic heterocycles. The van der Waals surface area contributed by atoms with Crippen LogP contribution in [-0.4, -0.2) is 35.9 Å². The normalized spacial score (nSPS) is 19.5. The van der Waals surface area contributed by atoms with Crippen molar-refractivity contribution in [3.8, 4) is 0 Å². The number of hydrogen-bond donors (Lipinski definition) is 2. The zero-order chi connectivity index (χ0) is 14.0. The third kappa shape index (κ3) is 5.65. The molecule has 1 aliphatic rings. The summed E-state index contributed by atoms with van der Waals surface area (Å²) in [7, 11) is 0. The van der Waals surface area contributed by atoms with Crippen molar-refractivity contribution in [1.29, 1.82) is 0 Å². The van der Waals surface area contributed by atoms with Crippen LogP contribution in [0, 0.1) is 13.8 Å². The molecule has 4 nitrogen and oxygen atoms in total. The highest BCUT2D eigenvalue weighted by molar-refractivity contribution is 7.11. The highest BCUT2D eigenvalue weighted by Crippen LogP contribution is 2.25. The summed E-state index contributed by atoms with van der Waals surface area (Å²) in [5.41, 5.74) is 0.974. The van der Waals surface area contributed by atoms with E-state index >= 15 is 0 Å². The standard InChI is InChI=1S/C12H17F2N3OS.2ClH/c1-7-10(19-8(2)17-7)3-4-15-11(18)9-5-12(13,14)6-16-9;;/h9,16H,3-6H2,1-2H3,(H,15,18);2*1H. The summed E-state index contributed by atoms with van der Waals surface area (Å²) in [4.78, 5) is 17.1. The molecule has 21 heavy (non-hydrogen) atoms. The van der Waals surface area contributed by atoms with E-state index < -0.39 is 24.9 Å². The Kier molecular flexibility index (Phi) is 8.02. The van der Waals surface area contributed by atoms with E-state index in [9.17, 15) is 13.6 Å². The molecule has 1 aromatic heterocycles. The van der Waals surface area contributed by atoms with Crippen LogP contribution in [0.25, 0.3) is 0 Å². The van der Waals surface area contributed by atoms with Crippen molar-refractivity contribution >= 4 is 42.1 Å². The lowest BCUT2D eigenvalue weighted by molar-refractivity contribution is -0.123. The second-order valence-electron chi connectivity index (χ2n) is 4.78. The first-order valence-corrected chi connectivity index (χ1v) is 7.01. The van der Waals surface area contributed by atoms with Crippen molar-refractivity contribution in [2.24, 2.45) is 0 Å². The first-order chi connectivity index (χ1) is 8.87. The third-order valence-corrected chi connectivity index (χ3v) is 4.21. The quantitative estimate of drug-likeness (QED) is 0.864. The molecule has 1 aromatic rings. The van der Waals surface area contributed by atoms with Crippen molar-refractivity contribution in [2.45, 2.75) is 38.7 Å². The summed E-state index contributed by atoms with van der Waals surface area (Å²) in [6.45, 7) is 3.90. The van der Waals surface area contributed by atoms with Gasteiger partial charge in [-0.2, -0.15) is 0 Å². The summed E-state index contributed by atoms with van der Waals surface area (Å²) in [5.74, 6) is -3.12. The van der Waals surface area contributed by atoms with Crippen LogP contribution in [-0.2, 0) is 11.2 Å². The number of thiazole rings is 1. The molecule has 0 saturated carbocycles. The molecule has 2 N–H and O–H groups in total. The Morgan fingerprint density at radius 2 is 2.14 bits per heavy atom. The van der Waals surface area contributed by atoms with E-state index in [1.54, 1.807) is 11.3 Å². The number of hydrogen-bond acceptors (Lipinski definition) is 4. The molecule has 122 valence electrons. The summed E-state index contributed by atoms with van der Waals surface area (Å²) >= 11 is 1.60. The SMILES string of the molecule is Cc1nc(C)c(CCNC(=O)C2CC(F)(F)CN2)s1.Cl.Cl. The Hall–Kier alpha value is -0.500. The lowest BCUT2D eigenvalue weighted by atomic mass is 10.2. The minimum absolute atomic E-state index is 0. The van der Waals surface area contributed by atoms with Crippen molar-refractivity contribution < 1.29 is 13.6 Å². The molecule has 1 fully saturated rings. The second-order valence-corrected chi connectivity index (χ2v) is 6.06. The van der Waals surface area contributed by atoms with E-state index in [4.69, 9.17) is 0 Å². The molecule has 1 unspecified atom stereocenters. The zero-order valence-corrected chi connectivity index (χ0v) is 14.2. The Labute approximate surface area is 138 Å². The van der Waals surface area contributed by atoms with E-state index in [1.165, 1.54) is 0 Å². The Balaban J connectivity index is 0.00000200. The summed E-state index contributed by atoms with van der Waals surface area (Å²) in [5, 5.41) is 6.23. The van der Waals surface area contributed by atoms with Gasteiger partial charge in [0.15, 0.2) is 0 Å². The van der Waals surface area contributed by atoms with Gasteiger partial charge >= 0.3 is 0 Å². The fraction of sp³-hybridized carbons (Fsp3) is 0.667. The maximum atomic E-state index is 12.9. The van der Waals surface area contributed by atoms with Gasteiger partial charge in [0.2, 0.25) is 5.91 Å². The average Bonchev–Trinajstić information content (AvgIpc) is 2.82. The lowest BCUT2D eigenvalue weighted by Gasteiger charge is -2.10. The highest BCUT2D eigenvalue weighted by Gasteiger charge is 2.42. The molecule has 9 heteroatoms. The van der Waals surface area contributed by atoms with E-state index in [0.29, 0.717) is 13.0 Å². The predicted octanol–water partition coefficient (Wildman–Crippen LogP) is 2.26. The van der Waals surface area contributed by atoms with Gasteiger partial charge in [-0.25, -0.2) is 13.8 Å². The summed E-state index contributed by atoms with van der Waals surface area (Å²) in [6, 6.07) is -0.778. The van der Waals surface area contributed by atoms with Crippen LogP contribution >= 0.6 is 36.2 Å². The van der Waals surface area contributed by atoms with Gasteiger partial charge in [0, 0.05) is 24.3 Å². The van der Waals surface area contributed by atoms with Crippen molar-refractivity contribution in [3.05, 3.63) is 15.6 Å². The van der Waals surface area contributed by atoms with Crippen LogP contribution in [0.4, 0.5) is 8.78 Å². The first kappa shape index (κ1) is 20.5. The number of carbonyl (C=O) groups excluding carboxylic acids is 1. The monoisotopic (exact) mass is 361 g/mol. The largest absolute Gasteiger partial charge is 0.354 e. The zero-order valence-electron chi connectivity index (χ0n) is 11.7. The lowest BCUT2D eigenvalue weighted by Crippen LogP contribution is -2.41. The minimum atomic E-state index is -2.77. The number of nitrogens with one attached hydrogen (secondary N) is 2. The van der Waals surface area contributed by atoms with Crippen LogP contribution in [0.3, 0.4) is 0 Å². The third-order valence-electron chi connectivity index (χ3n) is 3.08. The number of amides is 1. The predicted molar refractivity (Wildman–Crippen MR) is 84.2 cm³/mol. The molecule has 0 bridgehead atoms. The molecule has 0 aromatic carbocycles. The number of nitrogens with zero attached hydrogens (tertiary/aromatic N) is 1. The fourth-order valence-electron chi connectivity index (χ4n) is 2.13. The van der Waals surface area contributed by atoms with Gasteiger partial charge in [0.05, 0.1) is 23.3 Å². The van der Waals surface area contributed by atoms with E-state index in [0.717, 1.165) is 15.6 Å². The van der Waals surface area contributed by atoms with E-state index in [2.05, 4.69) is 15.6 Å². The van der Waals surface area contributed by atoms with Gasteiger partial charge in [-0.15, -0.1) is 36.2 Å². The van der Waals surface area contributed by atoms with Gasteiger partial charge in [0.1, 0.15) is 0 Å². The van der Waals surface area contributed by atoms with Crippen molar-refractivity contribution in [3.63, 3.8) is 0 Å². The number of rotatable bonds is 4. The maximum absolute atomic E-state index is 12.9.